The van der Waals surface area contributed by atoms with Crippen LogP contribution >= 0.6 is 0 Å². The summed E-state index contributed by atoms with van der Waals surface area (Å²) in [5, 5.41) is 4.28. The van der Waals surface area contributed by atoms with Crippen molar-refractivity contribution in [2.24, 2.45) is 18.7 Å². The van der Waals surface area contributed by atoms with Crippen LogP contribution in [0.3, 0.4) is 0 Å². The zero-order valence-electron chi connectivity index (χ0n) is 12.0. The van der Waals surface area contributed by atoms with Crippen molar-refractivity contribution in [3.8, 4) is 0 Å². The van der Waals surface area contributed by atoms with Crippen LogP contribution in [0.1, 0.15) is 41.0 Å². The van der Waals surface area contributed by atoms with Crippen LogP contribution in [0.15, 0.2) is 12.2 Å². The van der Waals surface area contributed by atoms with Crippen LogP contribution in [-0.2, 0) is 20.0 Å². The van der Waals surface area contributed by atoms with Crippen molar-refractivity contribution in [2.45, 2.75) is 32.2 Å². The van der Waals surface area contributed by atoms with E-state index in [0.717, 1.165) is 37.5 Å². The molecule has 0 saturated heterocycles. The Morgan fingerprint density at radius 1 is 1.50 bits per heavy atom. The van der Waals surface area contributed by atoms with Gasteiger partial charge in [0.2, 0.25) is 0 Å². The summed E-state index contributed by atoms with van der Waals surface area (Å²) in [4.78, 5) is 13.9. The molecule has 5 heteroatoms. The van der Waals surface area contributed by atoms with Crippen LogP contribution < -0.4 is 5.73 Å². The molecular formula is C15H22N4O. The zero-order chi connectivity index (χ0) is 14.1. The lowest BCUT2D eigenvalue weighted by atomic mass is 9.93. The van der Waals surface area contributed by atoms with Crippen molar-refractivity contribution in [1.82, 2.24) is 14.7 Å². The molecule has 0 spiro atoms. The molecule has 1 aromatic rings. The largest absolute Gasteiger partial charge is 0.364 e. The van der Waals surface area contributed by atoms with Gasteiger partial charge >= 0.3 is 0 Å². The van der Waals surface area contributed by atoms with Crippen LogP contribution in [0.25, 0.3) is 0 Å². The van der Waals surface area contributed by atoms with E-state index >= 15 is 0 Å². The van der Waals surface area contributed by atoms with Crippen molar-refractivity contribution < 1.29 is 4.79 Å². The smallest absolute Gasteiger partial charge is 0.269 e. The number of hydrogen-bond donors (Lipinski definition) is 1. The van der Waals surface area contributed by atoms with Gasteiger partial charge in [0.05, 0.1) is 0 Å². The molecule has 0 fully saturated rings. The van der Waals surface area contributed by atoms with E-state index in [1.807, 2.05) is 11.7 Å². The van der Waals surface area contributed by atoms with E-state index < -0.39 is 5.91 Å². The number of aryl methyl sites for hydroxylation is 1. The number of nitrogens with two attached hydrogens (primary N) is 1. The molecule has 2 heterocycles. The SMILES string of the molecule is Cn1nc(C(N)=O)c2c1CCN(C[C@@H]1CC=CCC1)C2. The quantitative estimate of drug-likeness (QED) is 0.843. The van der Waals surface area contributed by atoms with E-state index in [0.29, 0.717) is 5.69 Å². The van der Waals surface area contributed by atoms with E-state index in [4.69, 9.17) is 5.73 Å². The highest BCUT2D eigenvalue weighted by Gasteiger charge is 2.27. The molecule has 3 rings (SSSR count). The molecule has 0 bridgehead atoms. The predicted octanol–water partition coefficient (Wildman–Crippen LogP) is 1.23. The second kappa shape index (κ2) is 5.40. The van der Waals surface area contributed by atoms with Crippen molar-refractivity contribution in [1.29, 1.82) is 0 Å². The number of amides is 1. The first-order chi connectivity index (χ1) is 9.65. The molecular weight excluding hydrogens is 252 g/mol. The molecule has 0 aromatic carbocycles. The van der Waals surface area contributed by atoms with Crippen molar-refractivity contribution in [3.63, 3.8) is 0 Å². The van der Waals surface area contributed by atoms with Gasteiger partial charge in [-0.1, -0.05) is 12.2 Å². The number of carbonyl (C=O) groups excluding carboxylic acids is 1. The third-order valence-corrected chi connectivity index (χ3v) is 4.45. The standard InChI is InChI=1S/C15H22N4O/c1-18-13-7-8-19(9-11-5-3-2-4-6-11)10-12(13)14(17-18)15(16)20/h2-3,11H,4-10H2,1H3,(H2,16,20)/t11-/m1/s1. The van der Waals surface area contributed by atoms with E-state index in [-0.39, 0.29) is 0 Å². The van der Waals surface area contributed by atoms with Crippen LogP contribution in [0, 0.1) is 5.92 Å². The molecule has 0 saturated carbocycles. The van der Waals surface area contributed by atoms with Crippen molar-refractivity contribution >= 4 is 5.91 Å². The molecule has 2 N–H and O–H groups in total. The number of primary amides is 1. The Morgan fingerprint density at radius 2 is 2.35 bits per heavy atom. The molecule has 0 radical (unpaired) electrons. The third-order valence-electron chi connectivity index (χ3n) is 4.45. The zero-order valence-corrected chi connectivity index (χ0v) is 12.0. The highest BCUT2D eigenvalue weighted by Crippen LogP contribution is 2.25. The molecule has 1 amide bonds. The van der Waals surface area contributed by atoms with Crippen molar-refractivity contribution in [2.75, 3.05) is 13.1 Å². The Bertz CT molecular complexity index is 546. The number of carbonyl (C=O) groups is 1. The summed E-state index contributed by atoms with van der Waals surface area (Å²) in [5.41, 5.74) is 8.10. The minimum Gasteiger partial charge on any atom is -0.364 e. The van der Waals surface area contributed by atoms with Crippen LogP contribution in [0.4, 0.5) is 0 Å². The maximum atomic E-state index is 11.5. The average Bonchev–Trinajstić information content (AvgIpc) is 2.77. The van der Waals surface area contributed by atoms with Gasteiger partial charge in [0.1, 0.15) is 0 Å². The van der Waals surface area contributed by atoms with E-state index in [1.165, 1.54) is 25.0 Å². The van der Waals surface area contributed by atoms with Gasteiger partial charge in [-0.3, -0.25) is 14.4 Å². The van der Waals surface area contributed by atoms with Gasteiger partial charge in [-0.2, -0.15) is 5.10 Å². The lowest BCUT2D eigenvalue weighted by molar-refractivity contribution is 0.0992. The monoisotopic (exact) mass is 274 g/mol. The maximum absolute atomic E-state index is 11.5. The van der Waals surface area contributed by atoms with Gasteiger partial charge in [-0.15, -0.1) is 0 Å². The van der Waals surface area contributed by atoms with Gasteiger partial charge in [0.25, 0.3) is 5.91 Å². The fourth-order valence-corrected chi connectivity index (χ4v) is 3.39. The van der Waals surface area contributed by atoms with Gasteiger partial charge in [-0.05, 0) is 25.2 Å². The molecule has 5 nitrogen and oxygen atoms in total. The topological polar surface area (TPSA) is 64.2 Å². The lowest BCUT2D eigenvalue weighted by Crippen LogP contribution is -2.35. The summed E-state index contributed by atoms with van der Waals surface area (Å²) in [7, 11) is 1.90. The van der Waals surface area contributed by atoms with Crippen LogP contribution in [0.2, 0.25) is 0 Å². The third kappa shape index (κ3) is 2.50. The summed E-state index contributed by atoms with van der Waals surface area (Å²) in [5.74, 6) is 0.333. The maximum Gasteiger partial charge on any atom is 0.269 e. The Hall–Kier alpha value is -1.62. The van der Waals surface area contributed by atoms with E-state index in [2.05, 4.69) is 22.2 Å². The Kier molecular flexibility index (Phi) is 3.61. The molecule has 108 valence electrons. The molecule has 1 aliphatic heterocycles. The molecule has 0 unspecified atom stereocenters. The minimum absolute atomic E-state index is 0.413. The summed E-state index contributed by atoms with van der Waals surface area (Å²) >= 11 is 0. The Morgan fingerprint density at radius 3 is 3.05 bits per heavy atom. The molecule has 2 aliphatic rings. The normalized spacial score (nSPS) is 22.8. The van der Waals surface area contributed by atoms with Crippen LogP contribution in [0.5, 0.6) is 0 Å². The Labute approximate surface area is 119 Å². The first kappa shape index (κ1) is 13.4. The second-order valence-electron chi connectivity index (χ2n) is 5.90. The first-order valence-corrected chi connectivity index (χ1v) is 7.37. The summed E-state index contributed by atoms with van der Waals surface area (Å²) in [6.07, 6.45) is 9.17. The molecule has 1 atom stereocenters. The summed E-state index contributed by atoms with van der Waals surface area (Å²) in [6.45, 7) is 2.96. The fourth-order valence-electron chi connectivity index (χ4n) is 3.39. The van der Waals surface area contributed by atoms with Gasteiger partial charge in [-0.25, -0.2) is 0 Å². The van der Waals surface area contributed by atoms with E-state index in [1.54, 1.807) is 0 Å². The number of aromatic nitrogens is 2. The van der Waals surface area contributed by atoms with Crippen LogP contribution in [-0.4, -0.2) is 33.7 Å². The summed E-state index contributed by atoms with van der Waals surface area (Å²) < 4.78 is 1.82. The number of fused-ring (bicyclic) bond motifs is 1. The second-order valence-corrected chi connectivity index (χ2v) is 5.90. The van der Waals surface area contributed by atoms with E-state index in [9.17, 15) is 4.79 Å². The number of rotatable bonds is 3. The molecule has 1 aliphatic carbocycles. The van der Waals surface area contributed by atoms with Gasteiger partial charge in [0.15, 0.2) is 5.69 Å². The van der Waals surface area contributed by atoms with Crippen molar-refractivity contribution in [3.05, 3.63) is 29.1 Å². The molecule has 20 heavy (non-hydrogen) atoms. The highest BCUT2D eigenvalue weighted by atomic mass is 16.1. The van der Waals surface area contributed by atoms with Gasteiger partial charge in [0, 0.05) is 44.4 Å². The fraction of sp³-hybridized carbons (Fsp3) is 0.600. The predicted molar refractivity (Wildman–Crippen MR) is 77.2 cm³/mol. The van der Waals surface area contributed by atoms with Gasteiger partial charge < -0.3 is 5.73 Å². The number of allylic oxidation sites excluding steroid dienone is 2. The first-order valence-electron chi connectivity index (χ1n) is 7.37. The minimum atomic E-state index is -0.413. The Balaban J connectivity index is 1.74. The number of nitrogens with zero attached hydrogens (tertiary/aromatic N) is 3. The lowest BCUT2D eigenvalue weighted by Gasteiger charge is -2.31. The average molecular weight is 274 g/mol. The summed E-state index contributed by atoms with van der Waals surface area (Å²) in [6, 6.07) is 0. The highest BCUT2D eigenvalue weighted by molar-refractivity contribution is 5.92. The number of hydrogen-bond acceptors (Lipinski definition) is 3. The molecule has 1 aromatic heterocycles.